The third-order valence-electron chi connectivity index (χ3n) is 6.00. The molecule has 0 spiro atoms. The van der Waals surface area contributed by atoms with Gasteiger partial charge in [-0.2, -0.15) is 0 Å². The summed E-state index contributed by atoms with van der Waals surface area (Å²) < 4.78 is 21.9. The van der Waals surface area contributed by atoms with Crippen LogP contribution < -0.4 is 10.3 Å². The van der Waals surface area contributed by atoms with Crippen molar-refractivity contribution in [2.45, 2.75) is 19.9 Å². The van der Waals surface area contributed by atoms with Crippen molar-refractivity contribution in [3.05, 3.63) is 105 Å². The third kappa shape index (κ3) is 2.85. The first-order valence-corrected chi connectivity index (χ1v) is 11.3. The molecule has 5 nitrogen and oxygen atoms in total. The molecule has 0 saturated carbocycles. The van der Waals surface area contributed by atoms with Crippen LogP contribution in [-0.4, -0.2) is 10.9 Å². The monoisotopic (exact) mass is 456 g/mol. The largest absolute Gasteiger partial charge is 0.450 e. The molecule has 0 bridgehead atoms. The van der Waals surface area contributed by atoms with E-state index < -0.39 is 17.8 Å². The molecule has 1 aliphatic rings. The lowest BCUT2D eigenvalue weighted by Gasteiger charge is -2.22. The van der Waals surface area contributed by atoms with Gasteiger partial charge in [0.05, 0.1) is 21.2 Å². The van der Waals surface area contributed by atoms with Gasteiger partial charge in [-0.3, -0.25) is 14.5 Å². The Morgan fingerprint density at radius 1 is 1.03 bits per heavy atom. The van der Waals surface area contributed by atoms with Gasteiger partial charge in [-0.25, -0.2) is 9.37 Å². The van der Waals surface area contributed by atoms with E-state index in [2.05, 4.69) is 0 Å². The van der Waals surface area contributed by atoms with E-state index in [1.54, 1.807) is 42.5 Å². The second-order valence-electron chi connectivity index (χ2n) is 8.19. The number of para-hydroxylation sites is 1. The molecule has 7 heteroatoms. The summed E-state index contributed by atoms with van der Waals surface area (Å²) in [6.07, 6.45) is 0. The van der Waals surface area contributed by atoms with E-state index in [-0.39, 0.29) is 22.3 Å². The summed E-state index contributed by atoms with van der Waals surface area (Å²) >= 11 is 1.34. The predicted octanol–water partition coefficient (Wildman–Crippen LogP) is 5.91. The second-order valence-corrected chi connectivity index (χ2v) is 9.20. The summed E-state index contributed by atoms with van der Waals surface area (Å²) in [6.45, 7) is 3.96. The third-order valence-corrected chi connectivity index (χ3v) is 7.00. The van der Waals surface area contributed by atoms with Crippen molar-refractivity contribution >= 4 is 43.6 Å². The van der Waals surface area contributed by atoms with Crippen molar-refractivity contribution < 1.29 is 13.6 Å². The molecule has 1 atom stereocenters. The Morgan fingerprint density at radius 2 is 1.79 bits per heavy atom. The van der Waals surface area contributed by atoms with Crippen LogP contribution in [0.3, 0.4) is 0 Å². The SMILES string of the molecule is Cc1cc(C)c2nc(N3C(=O)c4oc5ccccc5c(=O)c4C3c3ccccc3F)sc2c1. The molecule has 0 radical (unpaired) electrons. The van der Waals surface area contributed by atoms with Gasteiger partial charge in [0.15, 0.2) is 10.6 Å². The fraction of sp³-hybridized carbons (Fsp3) is 0.115. The van der Waals surface area contributed by atoms with E-state index in [1.165, 1.54) is 22.3 Å². The normalized spacial score (nSPS) is 15.5. The molecule has 162 valence electrons. The zero-order valence-corrected chi connectivity index (χ0v) is 18.6. The van der Waals surface area contributed by atoms with Crippen LogP contribution in [0.4, 0.5) is 9.52 Å². The summed E-state index contributed by atoms with van der Waals surface area (Å²) in [7, 11) is 0. The molecule has 0 N–H and O–H groups in total. The molecule has 6 rings (SSSR count). The molecule has 0 fully saturated rings. The van der Waals surface area contributed by atoms with Crippen LogP contribution in [0, 0.1) is 19.7 Å². The van der Waals surface area contributed by atoms with Gasteiger partial charge in [0.25, 0.3) is 5.91 Å². The number of aryl methyl sites for hydroxylation is 2. The van der Waals surface area contributed by atoms with Gasteiger partial charge in [-0.05, 0) is 49.2 Å². The summed E-state index contributed by atoms with van der Waals surface area (Å²) in [5.74, 6) is -1.08. The number of hydrogen-bond donors (Lipinski definition) is 0. The molecular formula is C26H17FN2O3S. The van der Waals surface area contributed by atoms with Gasteiger partial charge in [0.1, 0.15) is 17.4 Å². The van der Waals surface area contributed by atoms with E-state index in [1.807, 2.05) is 26.0 Å². The molecular weight excluding hydrogens is 439 g/mol. The maximum atomic E-state index is 15.0. The van der Waals surface area contributed by atoms with Crippen LogP contribution in [-0.2, 0) is 0 Å². The number of benzene rings is 3. The Hall–Kier alpha value is -3.84. The smallest absolute Gasteiger partial charge is 0.297 e. The fourth-order valence-corrected chi connectivity index (χ4v) is 5.74. The van der Waals surface area contributed by atoms with Crippen molar-refractivity contribution in [1.82, 2.24) is 4.98 Å². The first kappa shape index (κ1) is 19.8. The topological polar surface area (TPSA) is 63.4 Å². The van der Waals surface area contributed by atoms with E-state index in [0.717, 1.165) is 21.3 Å². The van der Waals surface area contributed by atoms with Gasteiger partial charge >= 0.3 is 0 Å². The van der Waals surface area contributed by atoms with Gasteiger partial charge < -0.3 is 4.42 Å². The number of fused-ring (bicyclic) bond motifs is 3. The van der Waals surface area contributed by atoms with Crippen LogP contribution >= 0.6 is 11.3 Å². The Bertz CT molecular complexity index is 1670. The Balaban J connectivity index is 1.67. The zero-order valence-electron chi connectivity index (χ0n) is 17.8. The highest BCUT2D eigenvalue weighted by Crippen LogP contribution is 2.44. The molecule has 2 aromatic heterocycles. The highest BCUT2D eigenvalue weighted by atomic mass is 32.1. The molecule has 5 aromatic rings. The van der Waals surface area contributed by atoms with Crippen LogP contribution in [0.15, 0.2) is 69.9 Å². The quantitative estimate of drug-likeness (QED) is 0.331. The summed E-state index contributed by atoms with van der Waals surface area (Å²) in [5, 5.41) is 0.745. The minimum absolute atomic E-state index is 0.0703. The average molecular weight is 456 g/mol. The lowest BCUT2D eigenvalue weighted by atomic mass is 9.98. The Kier molecular flexibility index (Phi) is 4.25. The van der Waals surface area contributed by atoms with Gasteiger partial charge in [0, 0.05) is 5.56 Å². The minimum atomic E-state index is -0.975. The lowest BCUT2D eigenvalue weighted by molar-refractivity contribution is 0.0971. The number of carbonyl (C=O) groups is 1. The number of hydrogen-bond acceptors (Lipinski definition) is 5. The molecule has 3 aromatic carbocycles. The maximum Gasteiger partial charge on any atom is 0.297 e. The second kappa shape index (κ2) is 7.08. The van der Waals surface area contributed by atoms with E-state index in [4.69, 9.17) is 9.40 Å². The number of thiazole rings is 1. The zero-order chi connectivity index (χ0) is 22.9. The van der Waals surface area contributed by atoms with Crippen LogP contribution in [0.1, 0.15) is 38.9 Å². The average Bonchev–Trinajstić information content (AvgIpc) is 3.33. The molecule has 1 amide bonds. The fourth-order valence-electron chi connectivity index (χ4n) is 4.57. The number of halogens is 1. The Labute approximate surface area is 191 Å². The standard InChI is InChI=1S/C26H17FN2O3S/c1-13-11-14(2)21-19(12-13)33-26(28-21)29-22(15-7-3-5-9-17(15)27)20-23(30)16-8-4-6-10-18(16)32-24(20)25(29)31/h3-12,22H,1-2H3. The molecule has 0 saturated heterocycles. The first-order chi connectivity index (χ1) is 15.9. The summed E-state index contributed by atoms with van der Waals surface area (Å²) in [5.41, 5.74) is 3.18. The Morgan fingerprint density at radius 3 is 2.61 bits per heavy atom. The number of nitrogens with zero attached hydrogens (tertiary/aromatic N) is 2. The predicted molar refractivity (Wildman–Crippen MR) is 127 cm³/mol. The van der Waals surface area contributed by atoms with Gasteiger partial charge in [0.2, 0.25) is 5.76 Å². The van der Waals surface area contributed by atoms with Crippen LogP contribution in [0.5, 0.6) is 0 Å². The molecule has 33 heavy (non-hydrogen) atoms. The van der Waals surface area contributed by atoms with E-state index in [9.17, 15) is 9.59 Å². The minimum Gasteiger partial charge on any atom is -0.450 e. The number of aromatic nitrogens is 1. The molecule has 0 aliphatic carbocycles. The van der Waals surface area contributed by atoms with Gasteiger partial charge in [-0.1, -0.05) is 47.7 Å². The highest BCUT2D eigenvalue weighted by Gasteiger charge is 2.45. The van der Waals surface area contributed by atoms with Crippen LogP contribution in [0.25, 0.3) is 21.2 Å². The lowest BCUT2D eigenvalue weighted by Crippen LogP contribution is -2.30. The van der Waals surface area contributed by atoms with E-state index >= 15 is 4.39 Å². The summed E-state index contributed by atoms with van der Waals surface area (Å²) in [4.78, 5) is 33.3. The maximum absolute atomic E-state index is 15.0. The molecule has 1 unspecified atom stereocenters. The number of rotatable bonds is 2. The number of amides is 1. The highest BCUT2D eigenvalue weighted by molar-refractivity contribution is 7.22. The van der Waals surface area contributed by atoms with Gasteiger partial charge in [-0.15, -0.1) is 0 Å². The van der Waals surface area contributed by atoms with Crippen molar-refractivity contribution in [2.24, 2.45) is 0 Å². The molecule has 3 heterocycles. The first-order valence-electron chi connectivity index (χ1n) is 10.5. The number of carbonyl (C=O) groups excluding carboxylic acids is 1. The number of anilines is 1. The van der Waals surface area contributed by atoms with Crippen molar-refractivity contribution in [3.8, 4) is 0 Å². The van der Waals surface area contributed by atoms with Crippen molar-refractivity contribution in [3.63, 3.8) is 0 Å². The van der Waals surface area contributed by atoms with E-state index in [0.29, 0.717) is 16.1 Å². The van der Waals surface area contributed by atoms with Crippen LogP contribution in [0.2, 0.25) is 0 Å². The molecule has 1 aliphatic heterocycles. The van der Waals surface area contributed by atoms with Crippen molar-refractivity contribution in [1.29, 1.82) is 0 Å². The summed E-state index contributed by atoms with van der Waals surface area (Å²) in [6, 6.07) is 16.0. The van der Waals surface area contributed by atoms with Crippen molar-refractivity contribution in [2.75, 3.05) is 4.90 Å².